The fourth-order valence-electron chi connectivity index (χ4n) is 1.50. The number of halogens is 1. The zero-order valence-electron chi connectivity index (χ0n) is 10.4. The van der Waals surface area contributed by atoms with Crippen molar-refractivity contribution in [2.75, 3.05) is 6.61 Å². The van der Waals surface area contributed by atoms with Crippen molar-refractivity contribution in [3.63, 3.8) is 0 Å². The van der Waals surface area contributed by atoms with Crippen LogP contribution in [0.15, 0.2) is 53.0 Å². The monoisotopic (exact) mass is 320 g/mol. The lowest BCUT2D eigenvalue weighted by molar-refractivity contribution is -0.136. The minimum absolute atomic E-state index is 0.121. The van der Waals surface area contributed by atoms with Gasteiger partial charge in [0.15, 0.2) is 6.61 Å². The van der Waals surface area contributed by atoms with Crippen molar-refractivity contribution in [2.45, 2.75) is 6.92 Å². The fourth-order valence-corrected chi connectivity index (χ4v) is 2.07. The lowest BCUT2D eigenvalue weighted by atomic mass is 10.2. The molecular formula is C15H13BrO3. The summed E-state index contributed by atoms with van der Waals surface area (Å²) in [5.74, 6) is 0.697. The highest BCUT2D eigenvalue weighted by atomic mass is 79.9. The molecule has 0 aliphatic heterocycles. The molecule has 0 heterocycles. The fraction of sp³-hybridized carbons (Fsp3) is 0.133. The molecule has 0 radical (unpaired) electrons. The van der Waals surface area contributed by atoms with Gasteiger partial charge in [-0.25, -0.2) is 4.79 Å². The quantitative estimate of drug-likeness (QED) is 0.636. The lowest BCUT2D eigenvalue weighted by Crippen LogP contribution is -2.17. The molecular weight excluding hydrogens is 308 g/mol. The van der Waals surface area contributed by atoms with Crippen molar-refractivity contribution in [3.05, 3.63) is 58.6 Å². The third kappa shape index (κ3) is 4.10. The minimum atomic E-state index is -0.437. The van der Waals surface area contributed by atoms with E-state index in [0.717, 1.165) is 10.0 Å². The number of hydrogen-bond donors (Lipinski definition) is 0. The average Bonchev–Trinajstić information content (AvgIpc) is 2.41. The van der Waals surface area contributed by atoms with Gasteiger partial charge in [0.1, 0.15) is 11.5 Å². The molecule has 0 atom stereocenters. The SMILES string of the molecule is Cc1ccc(OC(=O)COc2ccccc2)c(Br)c1. The van der Waals surface area contributed by atoms with E-state index in [1.807, 2.05) is 37.3 Å². The third-order valence-electron chi connectivity index (χ3n) is 2.41. The van der Waals surface area contributed by atoms with Gasteiger partial charge in [-0.3, -0.25) is 0 Å². The molecule has 98 valence electrons. The van der Waals surface area contributed by atoms with Crippen molar-refractivity contribution in [1.82, 2.24) is 0 Å². The second kappa shape index (κ2) is 6.38. The van der Waals surface area contributed by atoms with Crippen LogP contribution in [0, 0.1) is 6.92 Å². The summed E-state index contributed by atoms with van der Waals surface area (Å²) in [6, 6.07) is 14.7. The molecule has 2 aromatic carbocycles. The molecule has 3 nitrogen and oxygen atoms in total. The molecule has 0 fully saturated rings. The maximum absolute atomic E-state index is 11.7. The van der Waals surface area contributed by atoms with E-state index >= 15 is 0 Å². The van der Waals surface area contributed by atoms with Gasteiger partial charge in [-0.1, -0.05) is 24.3 Å². The van der Waals surface area contributed by atoms with Gasteiger partial charge in [0.25, 0.3) is 0 Å². The molecule has 19 heavy (non-hydrogen) atoms. The number of ether oxygens (including phenoxy) is 2. The molecule has 0 saturated heterocycles. The second-order valence-corrected chi connectivity index (χ2v) is 4.86. The first-order chi connectivity index (χ1) is 9.15. The highest BCUT2D eigenvalue weighted by molar-refractivity contribution is 9.10. The Kier molecular flexibility index (Phi) is 4.58. The van der Waals surface area contributed by atoms with E-state index in [4.69, 9.17) is 9.47 Å². The van der Waals surface area contributed by atoms with E-state index in [1.165, 1.54) is 0 Å². The van der Waals surface area contributed by atoms with Crippen LogP contribution in [0.1, 0.15) is 5.56 Å². The van der Waals surface area contributed by atoms with Crippen molar-refractivity contribution >= 4 is 21.9 Å². The maximum atomic E-state index is 11.7. The smallest absolute Gasteiger partial charge is 0.349 e. The minimum Gasteiger partial charge on any atom is -0.482 e. The van der Waals surface area contributed by atoms with Gasteiger partial charge in [0.2, 0.25) is 0 Å². The Labute approximate surface area is 120 Å². The predicted molar refractivity (Wildman–Crippen MR) is 76.5 cm³/mol. The summed E-state index contributed by atoms with van der Waals surface area (Å²) in [6.45, 7) is 1.85. The molecule has 0 aliphatic rings. The first-order valence-electron chi connectivity index (χ1n) is 5.80. The van der Waals surface area contributed by atoms with Gasteiger partial charge in [-0.05, 0) is 52.7 Å². The van der Waals surface area contributed by atoms with Crippen LogP contribution in [0.2, 0.25) is 0 Å². The number of esters is 1. The Morgan fingerprint density at radius 3 is 2.58 bits per heavy atom. The van der Waals surface area contributed by atoms with Crippen molar-refractivity contribution in [2.24, 2.45) is 0 Å². The van der Waals surface area contributed by atoms with Crippen LogP contribution in [0.4, 0.5) is 0 Å². The molecule has 2 aromatic rings. The first-order valence-corrected chi connectivity index (χ1v) is 6.59. The van der Waals surface area contributed by atoms with E-state index < -0.39 is 5.97 Å². The van der Waals surface area contributed by atoms with Gasteiger partial charge in [-0.15, -0.1) is 0 Å². The summed E-state index contributed by atoms with van der Waals surface area (Å²) in [4.78, 5) is 11.7. The Hall–Kier alpha value is -1.81. The number of carbonyl (C=O) groups excluding carboxylic acids is 1. The molecule has 0 aliphatic carbocycles. The van der Waals surface area contributed by atoms with E-state index in [1.54, 1.807) is 18.2 Å². The number of rotatable bonds is 4. The summed E-state index contributed by atoms with van der Waals surface area (Å²) in [5, 5.41) is 0. The van der Waals surface area contributed by atoms with Crippen molar-refractivity contribution in [3.8, 4) is 11.5 Å². The summed E-state index contributed by atoms with van der Waals surface area (Å²) >= 11 is 3.35. The number of carbonyl (C=O) groups is 1. The normalized spacial score (nSPS) is 10.0. The van der Waals surface area contributed by atoms with Gasteiger partial charge in [0, 0.05) is 0 Å². The number of para-hydroxylation sites is 1. The molecule has 0 saturated carbocycles. The van der Waals surface area contributed by atoms with Crippen LogP contribution in [-0.2, 0) is 4.79 Å². The topological polar surface area (TPSA) is 35.5 Å². The van der Waals surface area contributed by atoms with Crippen molar-refractivity contribution in [1.29, 1.82) is 0 Å². The molecule has 0 N–H and O–H groups in total. The van der Waals surface area contributed by atoms with E-state index in [-0.39, 0.29) is 6.61 Å². The Morgan fingerprint density at radius 2 is 1.89 bits per heavy atom. The summed E-state index contributed by atoms with van der Waals surface area (Å²) in [5.41, 5.74) is 1.09. The van der Waals surface area contributed by atoms with Crippen LogP contribution in [0.25, 0.3) is 0 Å². The van der Waals surface area contributed by atoms with E-state index in [0.29, 0.717) is 11.5 Å². The number of benzene rings is 2. The number of hydrogen-bond acceptors (Lipinski definition) is 3. The van der Waals surface area contributed by atoms with Crippen LogP contribution in [-0.4, -0.2) is 12.6 Å². The molecule has 4 heteroatoms. The van der Waals surface area contributed by atoms with Crippen LogP contribution in [0.3, 0.4) is 0 Å². The molecule has 0 aromatic heterocycles. The van der Waals surface area contributed by atoms with Gasteiger partial charge < -0.3 is 9.47 Å². The standard InChI is InChI=1S/C15H13BrO3/c1-11-7-8-14(13(16)9-11)19-15(17)10-18-12-5-3-2-4-6-12/h2-9H,10H2,1H3. The third-order valence-corrected chi connectivity index (χ3v) is 3.03. The van der Waals surface area contributed by atoms with Crippen LogP contribution < -0.4 is 9.47 Å². The Bertz CT molecular complexity index is 567. The highest BCUT2D eigenvalue weighted by Gasteiger charge is 2.09. The second-order valence-electron chi connectivity index (χ2n) is 4.01. The summed E-state index contributed by atoms with van der Waals surface area (Å²) < 4.78 is 11.3. The molecule has 0 unspecified atom stereocenters. The molecule has 0 bridgehead atoms. The number of aryl methyl sites for hydroxylation is 1. The lowest BCUT2D eigenvalue weighted by Gasteiger charge is -2.08. The highest BCUT2D eigenvalue weighted by Crippen LogP contribution is 2.25. The van der Waals surface area contributed by atoms with Gasteiger partial charge in [-0.2, -0.15) is 0 Å². The van der Waals surface area contributed by atoms with Gasteiger partial charge in [0.05, 0.1) is 4.47 Å². The first kappa shape index (κ1) is 13.6. The Morgan fingerprint density at radius 1 is 1.16 bits per heavy atom. The summed E-state index contributed by atoms with van der Waals surface area (Å²) in [7, 11) is 0. The predicted octanol–water partition coefficient (Wildman–Crippen LogP) is 3.74. The summed E-state index contributed by atoms with van der Waals surface area (Å²) in [6.07, 6.45) is 0. The molecule has 2 rings (SSSR count). The maximum Gasteiger partial charge on any atom is 0.349 e. The molecule has 0 amide bonds. The Balaban J connectivity index is 1.91. The zero-order chi connectivity index (χ0) is 13.7. The van der Waals surface area contributed by atoms with Crippen LogP contribution >= 0.6 is 15.9 Å². The van der Waals surface area contributed by atoms with E-state index in [2.05, 4.69) is 15.9 Å². The van der Waals surface area contributed by atoms with E-state index in [9.17, 15) is 4.79 Å². The largest absolute Gasteiger partial charge is 0.482 e. The average molecular weight is 321 g/mol. The molecule has 0 spiro atoms. The van der Waals surface area contributed by atoms with Gasteiger partial charge >= 0.3 is 5.97 Å². The zero-order valence-corrected chi connectivity index (χ0v) is 12.0. The van der Waals surface area contributed by atoms with Crippen LogP contribution in [0.5, 0.6) is 11.5 Å². The van der Waals surface area contributed by atoms with Crippen molar-refractivity contribution < 1.29 is 14.3 Å².